The van der Waals surface area contributed by atoms with Gasteiger partial charge >= 0.3 is 0 Å². The van der Waals surface area contributed by atoms with Crippen LogP contribution in [0.1, 0.15) is 38.3 Å². The molecule has 0 bridgehead atoms. The molecule has 140 valence electrons. The fourth-order valence-electron chi connectivity index (χ4n) is 2.66. The maximum Gasteiger partial charge on any atom is 0.291 e. The van der Waals surface area contributed by atoms with Gasteiger partial charge in [-0.3, -0.25) is 9.59 Å². The van der Waals surface area contributed by atoms with Crippen LogP contribution < -0.4 is 5.32 Å². The van der Waals surface area contributed by atoms with Crippen molar-refractivity contribution < 1.29 is 18.4 Å². The predicted octanol–water partition coefficient (Wildman–Crippen LogP) is 4.70. The van der Waals surface area contributed by atoms with E-state index >= 15 is 0 Å². The first-order valence-corrected chi connectivity index (χ1v) is 9.28. The number of furan rings is 1. The lowest BCUT2D eigenvalue weighted by molar-refractivity contribution is 0.0756. The van der Waals surface area contributed by atoms with E-state index in [1.54, 1.807) is 35.2 Å². The summed E-state index contributed by atoms with van der Waals surface area (Å²) in [7, 11) is 0. The number of benzene rings is 1. The number of hydrogen-bond donors (Lipinski definition) is 1. The predicted molar refractivity (Wildman–Crippen MR) is 103 cm³/mol. The van der Waals surface area contributed by atoms with Gasteiger partial charge in [0.25, 0.3) is 11.8 Å². The highest BCUT2D eigenvalue weighted by Crippen LogP contribution is 2.28. The minimum atomic E-state index is -0.368. The van der Waals surface area contributed by atoms with Gasteiger partial charge < -0.3 is 14.6 Å². The molecule has 5 nitrogen and oxygen atoms in total. The van der Waals surface area contributed by atoms with E-state index in [2.05, 4.69) is 5.32 Å². The Morgan fingerprint density at radius 2 is 2.04 bits per heavy atom. The number of rotatable bonds is 6. The first-order valence-electron chi connectivity index (χ1n) is 8.47. The van der Waals surface area contributed by atoms with Gasteiger partial charge in [-0.2, -0.15) is 0 Å². The number of nitrogens with zero attached hydrogens (tertiary/aromatic N) is 1. The number of hydrogen-bond acceptors (Lipinski definition) is 4. The summed E-state index contributed by atoms with van der Waals surface area (Å²) < 4.78 is 18.5. The minimum Gasteiger partial charge on any atom is -0.459 e. The van der Waals surface area contributed by atoms with Crippen molar-refractivity contribution in [2.75, 3.05) is 11.9 Å². The van der Waals surface area contributed by atoms with Gasteiger partial charge in [0.1, 0.15) is 5.82 Å². The van der Waals surface area contributed by atoms with Crippen molar-refractivity contribution in [1.82, 2.24) is 4.90 Å². The lowest BCUT2D eigenvalue weighted by Crippen LogP contribution is -2.30. The summed E-state index contributed by atoms with van der Waals surface area (Å²) in [5.74, 6) is -0.642. The van der Waals surface area contributed by atoms with Crippen molar-refractivity contribution in [3.8, 4) is 0 Å². The lowest BCUT2D eigenvalue weighted by Gasteiger charge is -2.20. The Balaban J connectivity index is 1.75. The summed E-state index contributed by atoms with van der Waals surface area (Å²) in [6, 6.07) is 11.2. The number of carbonyl (C=O) groups excluding carboxylic acids is 2. The molecule has 2 aromatic heterocycles. The molecule has 0 unspecified atom stereocenters. The second-order valence-electron chi connectivity index (χ2n) is 6.00. The maximum absolute atomic E-state index is 13.4. The van der Waals surface area contributed by atoms with E-state index in [1.165, 1.54) is 29.7 Å². The SMILES string of the molecule is CCN(Cc1cccc(F)c1)C(=O)c1sc(NC(=O)c2ccco2)cc1C. The Labute approximate surface area is 160 Å². The van der Waals surface area contributed by atoms with Crippen molar-refractivity contribution in [1.29, 1.82) is 0 Å². The largest absolute Gasteiger partial charge is 0.459 e. The van der Waals surface area contributed by atoms with Crippen LogP contribution in [0.15, 0.2) is 53.1 Å². The van der Waals surface area contributed by atoms with Crippen LogP contribution in [0.2, 0.25) is 0 Å². The smallest absolute Gasteiger partial charge is 0.291 e. The van der Waals surface area contributed by atoms with Crippen LogP contribution in [-0.4, -0.2) is 23.3 Å². The number of amides is 2. The van der Waals surface area contributed by atoms with Crippen LogP contribution in [0.3, 0.4) is 0 Å². The first kappa shape index (κ1) is 18.8. The van der Waals surface area contributed by atoms with Crippen molar-refractivity contribution in [3.63, 3.8) is 0 Å². The van der Waals surface area contributed by atoms with E-state index in [-0.39, 0.29) is 23.4 Å². The lowest BCUT2D eigenvalue weighted by atomic mass is 10.2. The zero-order chi connectivity index (χ0) is 19.4. The van der Waals surface area contributed by atoms with Crippen molar-refractivity contribution in [3.05, 3.63) is 76.3 Å². The zero-order valence-electron chi connectivity index (χ0n) is 15.0. The van der Waals surface area contributed by atoms with Gasteiger partial charge in [0.2, 0.25) is 0 Å². The van der Waals surface area contributed by atoms with Crippen LogP contribution in [0, 0.1) is 12.7 Å². The zero-order valence-corrected chi connectivity index (χ0v) is 15.8. The summed E-state index contributed by atoms with van der Waals surface area (Å²) in [5.41, 5.74) is 1.50. The van der Waals surface area contributed by atoms with Gasteiger partial charge in [-0.05, 0) is 55.3 Å². The molecule has 7 heteroatoms. The molecule has 0 aliphatic heterocycles. The molecule has 0 aliphatic rings. The fourth-order valence-corrected chi connectivity index (χ4v) is 3.70. The van der Waals surface area contributed by atoms with Crippen LogP contribution in [-0.2, 0) is 6.54 Å². The monoisotopic (exact) mass is 386 g/mol. The Morgan fingerprint density at radius 3 is 2.70 bits per heavy atom. The molecule has 0 fully saturated rings. The molecule has 2 amide bonds. The maximum atomic E-state index is 13.4. The summed E-state index contributed by atoms with van der Waals surface area (Å²) in [6.45, 7) is 4.50. The third-order valence-electron chi connectivity index (χ3n) is 4.03. The highest BCUT2D eigenvalue weighted by molar-refractivity contribution is 7.18. The van der Waals surface area contributed by atoms with Gasteiger partial charge in [-0.15, -0.1) is 11.3 Å². The van der Waals surface area contributed by atoms with Gasteiger partial charge in [-0.1, -0.05) is 12.1 Å². The molecule has 3 aromatic rings. The van der Waals surface area contributed by atoms with Gasteiger partial charge in [0.15, 0.2) is 5.76 Å². The van der Waals surface area contributed by atoms with E-state index in [0.717, 1.165) is 11.1 Å². The molecule has 1 N–H and O–H groups in total. The standard InChI is InChI=1S/C20H19FN2O3S/c1-3-23(12-14-6-4-7-15(21)11-14)20(25)18-13(2)10-17(27-18)22-19(24)16-8-5-9-26-16/h4-11H,3,12H2,1-2H3,(H,22,24). The summed E-state index contributed by atoms with van der Waals surface area (Å²) in [6.07, 6.45) is 1.43. The number of anilines is 1. The minimum absolute atomic E-state index is 0.150. The second-order valence-corrected chi connectivity index (χ2v) is 7.06. The van der Waals surface area contributed by atoms with Gasteiger partial charge in [-0.25, -0.2) is 4.39 Å². The fraction of sp³-hybridized carbons (Fsp3) is 0.200. The first-order chi connectivity index (χ1) is 13.0. The molecular weight excluding hydrogens is 367 g/mol. The van der Waals surface area contributed by atoms with E-state index in [9.17, 15) is 14.0 Å². The van der Waals surface area contributed by atoms with Crippen LogP contribution in [0.5, 0.6) is 0 Å². The Kier molecular flexibility index (Phi) is 5.71. The average molecular weight is 386 g/mol. The molecule has 27 heavy (non-hydrogen) atoms. The van der Waals surface area contributed by atoms with Crippen LogP contribution in [0.4, 0.5) is 9.39 Å². The van der Waals surface area contributed by atoms with Gasteiger partial charge in [0.05, 0.1) is 16.1 Å². The van der Waals surface area contributed by atoms with E-state index in [0.29, 0.717) is 23.0 Å². The van der Waals surface area contributed by atoms with E-state index < -0.39 is 0 Å². The number of nitrogens with one attached hydrogen (secondary N) is 1. The summed E-state index contributed by atoms with van der Waals surface area (Å²) >= 11 is 1.21. The number of carbonyl (C=O) groups is 2. The van der Waals surface area contributed by atoms with Crippen LogP contribution in [0.25, 0.3) is 0 Å². The van der Waals surface area contributed by atoms with Crippen molar-refractivity contribution in [2.45, 2.75) is 20.4 Å². The number of thiophene rings is 1. The van der Waals surface area contributed by atoms with Crippen molar-refractivity contribution in [2.24, 2.45) is 0 Å². The molecule has 0 spiro atoms. The molecule has 0 radical (unpaired) electrons. The third-order valence-corrected chi connectivity index (χ3v) is 5.17. The summed E-state index contributed by atoms with van der Waals surface area (Å²) in [4.78, 5) is 27.2. The topological polar surface area (TPSA) is 62.6 Å². The Morgan fingerprint density at radius 1 is 1.22 bits per heavy atom. The van der Waals surface area contributed by atoms with E-state index in [4.69, 9.17) is 4.42 Å². The Bertz CT molecular complexity index is 950. The number of halogens is 1. The highest BCUT2D eigenvalue weighted by Gasteiger charge is 2.21. The molecule has 0 saturated carbocycles. The van der Waals surface area contributed by atoms with E-state index in [1.807, 2.05) is 13.8 Å². The average Bonchev–Trinajstić information content (AvgIpc) is 3.29. The summed E-state index contributed by atoms with van der Waals surface area (Å²) in [5, 5.41) is 3.31. The third kappa shape index (κ3) is 4.43. The molecule has 0 saturated heterocycles. The molecule has 1 aromatic carbocycles. The molecule has 2 heterocycles. The normalized spacial score (nSPS) is 10.6. The second kappa shape index (κ2) is 8.18. The molecular formula is C20H19FN2O3S. The number of aryl methyl sites for hydroxylation is 1. The quantitative estimate of drug-likeness (QED) is 0.668. The molecule has 3 rings (SSSR count). The Hall–Kier alpha value is -2.93. The molecule has 0 atom stereocenters. The highest BCUT2D eigenvalue weighted by atomic mass is 32.1. The van der Waals surface area contributed by atoms with Crippen molar-refractivity contribution >= 4 is 28.2 Å². The molecule has 0 aliphatic carbocycles. The van der Waals surface area contributed by atoms with Crippen LogP contribution >= 0.6 is 11.3 Å². The van der Waals surface area contributed by atoms with Gasteiger partial charge in [0, 0.05) is 13.1 Å².